The standard InChI is InChI=1S/2In.O.2Sn.8H. The van der Waals surface area contributed by atoms with E-state index in [1.165, 1.54) is 0 Å². The molecular formula is H8In2OSn2. The molecule has 0 unspecified atom stereocenters. The molecule has 0 amide bonds. The zero-order valence-electron chi connectivity index (χ0n) is 2.53. The van der Waals surface area contributed by atoms with Gasteiger partial charge >= 0.3 is 101 Å². The maximum atomic E-state index is 8.42. The number of hydrogen-bond donors (Lipinski definition) is 0. The summed E-state index contributed by atoms with van der Waals surface area (Å²) in [5, 5.41) is 0. The number of hydrogen-bond acceptors (Lipinski definition) is 1. The van der Waals surface area contributed by atoms with Crippen molar-refractivity contribution >= 4 is 98.0 Å². The Morgan fingerprint density at radius 2 is 1.00 bits per heavy atom. The first-order valence-electron chi connectivity index (χ1n) is 0.289. The van der Waals surface area contributed by atoms with Crippen molar-refractivity contribution in [2.45, 2.75) is 0 Å². The molecule has 0 saturated heterocycles. The SMILES string of the molecule is [InH3].[O]=[InH].[SnH2].[SnH2]. The van der Waals surface area contributed by atoms with Crippen LogP contribution in [0.4, 0.5) is 0 Å². The zero-order valence-corrected chi connectivity index (χ0v) is 14.6. The molecule has 0 aliphatic heterocycles. The predicted octanol–water partition coefficient (Wildman–Crippen LogP) is -3.78. The summed E-state index contributed by atoms with van der Waals surface area (Å²) in [4.78, 5) is 0. The van der Waals surface area contributed by atoms with Crippen LogP contribution < -0.4 is 0 Å². The third-order valence-electron chi connectivity index (χ3n) is 0. The van der Waals surface area contributed by atoms with Crippen LogP contribution in [0.25, 0.3) is 0 Å². The van der Waals surface area contributed by atoms with Gasteiger partial charge in [0.1, 0.15) is 0 Å². The summed E-state index contributed by atoms with van der Waals surface area (Å²) >= 11 is -0.1000. The van der Waals surface area contributed by atoms with E-state index in [9.17, 15) is 0 Å². The fourth-order valence-electron chi connectivity index (χ4n) is 0. The minimum atomic E-state index is -0.1000. The molecule has 5 heavy (non-hydrogen) atoms. The predicted molar refractivity (Wildman–Crippen MR) is 34.9 cm³/mol. The van der Waals surface area contributed by atoms with Gasteiger partial charge in [-0.3, -0.25) is 0 Å². The van der Waals surface area contributed by atoms with Gasteiger partial charge in [-0.05, 0) is 0 Å². The molecule has 1 nitrogen and oxygen atoms in total. The van der Waals surface area contributed by atoms with Gasteiger partial charge in [0.2, 0.25) is 0 Å². The van der Waals surface area contributed by atoms with E-state index in [4.69, 9.17) is 2.85 Å². The molecule has 0 saturated carbocycles. The fourth-order valence-corrected chi connectivity index (χ4v) is 0. The molecule has 0 aliphatic rings. The fraction of sp³-hybridized carbons (Fsp3) is 0. The molecule has 0 aliphatic carbocycles. The topological polar surface area (TPSA) is 17.1 Å². The van der Waals surface area contributed by atoms with E-state index in [0.29, 0.717) is 0 Å². The second kappa shape index (κ2) is 27.3. The summed E-state index contributed by atoms with van der Waals surface area (Å²) in [5.41, 5.74) is 0. The summed E-state index contributed by atoms with van der Waals surface area (Å²) < 4.78 is 8.42. The van der Waals surface area contributed by atoms with E-state index in [1.54, 1.807) is 0 Å². The maximum absolute atomic E-state index is 8.42. The van der Waals surface area contributed by atoms with Crippen LogP contribution >= 0.6 is 0 Å². The van der Waals surface area contributed by atoms with Gasteiger partial charge in [-0.1, -0.05) is 0 Å². The molecule has 28 valence electrons. The van der Waals surface area contributed by atoms with Crippen molar-refractivity contribution < 1.29 is 2.85 Å². The van der Waals surface area contributed by atoms with Crippen LogP contribution in [0.15, 0.2) is 0 Å². The molecule has 0 aromatic carbocycles. The molecule has 0 N–H and O–H groups in total. The van der Waals surface area contributed by atoms with Crippen LogP contribution in [0, 0.1) is 0 Å². The van der Waals surface area contributed by atoms with Crippen molar-refractivity contribution in [2.75, 3.05) is 0 Å². The minimum absolute atomic E-state index is 0. The number of rotatable bonds is 0. The Kier molecular flexibility index (Phi) is 132. The van der Waals surface area contributed by atoms with Crippen LogP contribution in [-0.4, -0.2) is 98.0 Å². The summed E-state index contributed by atoms with van der Waals surface area (Å²) in [6.45, 7) is 0. The molecule has 5 heteroatoms. The van der Waals surface area contributed by atoms with Crippen molar-refractivity contribution in [3.8, 4) is 0 Å². The second-order valence-electron chi connectivity index (χ2n) is 0. The molecule has 0 heterocycles. The third-order valence-corrected chi connectivity index (χ3v) is 0. The van der Waals surface area contributed by atoms with Gasteiger partial charge in [0.25, 0.3) is 0 Å². The Morgan fingerprint density at radius 3 is 1.00 bits per heavy atom. The van der Waals surface area contributed by atoms with Gasteiger partial charge in [0.05, 0.1) is 0 Å². The van der Waals surface area contributed by atoms with Crippen molar-refractivity contribution in [1.29, 1.82) is 0 Å². The van der Waals surface area contributed by atoms with Crippen LogP contribution in [-0.2, 0) is 2.85 Å². The summed E-state index contributed by atoms with van der Waals surface area (Å²) in [7, 11) is 0. The molecule has 4 radical (unpaired) electrons. The van der Waals surface area contributed by atoms with E-state index in [0.717, 1.165) is 0 Å². The Balaban J connectivity index is -0.00000000167. The molecular weight excluding hydrogens is 483 g/mol. The monoisotopic (exact) mass is 494 g/mol. The third kappa shape index (κ3) is 19.1. The molecule has 0 fully saturated rings. The summed E-state index contributed by atoms with van der Waals surface area (Å²) in [6.07, 6.45) is 0. The first-order valence-corrected chi connectivity index (χ1v) is 1.94. The van der Waals surface area contributed by atoms with Crippen LogP contribution in [0.1, 0.15) is 0 Å². The van der Waals surface area contributed by atoms with Gasteiger partial charge < -0.3 is 0 Å². The van der Waals surface area contributed by atoms with Crippen molar-refractivity contribution in [3.63, 3.8) is 0 Å². The molecule has 0 bridgehead atoms. The molecule has 0 atom stereocenters. The van der Waals surface area contributed by atoms with Crippen molar-refractivity contribution in [3.05, 3.63) is 0 Å². The van der Waals surface area contributed by atoms with Crippen LogP contribution in [0.5, 0.6) is 0 Å². The summed E-state index contributed by atoms with van der Waals surface area (Å²) in [6, 6.07) is 0. The van der Waals surface area contributed by atoms with E-state index in [1.807, 2.05) is 0 Å². The Morgan fingerprint density at radius 1 is 1.00 bits per heavy atom. The molecule has 0 aromatic rings. The van der Waals surface area contributed by atoms with E-state index >= 15 is 0 Å². The first kappa shape index (κ1) is 24.2. The van der Waals surface area contributed by atoms with Gasteiger partial charge in [-0.2, -0.15) is 0 Å². The van der Waals surface area contributed by atoms with Gasteiger partial charge in [0.15, 0.2) is 0 Å². The zero-order chi connectivity index (χ0) is 2.00. The average Bonchev–Trinajstić information content (AvgIpc) is 1.00. The van der Waals surface area contributed by atoms with Crippen molar-refractivity contribution in [2.24, 2.45) is 0 Å². The van der Waals surface area contributed by atoms with E-state index in [2.05, 4.69) is 0 Å². The van der Waals surface area contributed by atoms with Gasteiger partial charge in [0, 0.05) is 0 Å². The second-order valence-corrected chi connectivity index (χ2v) is 0. The Bertz CT molecular complexity index is 7.61. The Labute approximate surface area is 98.7 Å². The van der Waals surface area contributed by atoms with Crippen molar-refractivity contribution in [1.82, 2.24) is 0 Å². The van der Waals surface area contributed by atoms with Crippen LogP contribution in [0.2, 0.25) is 0 Å². The molecule has 0 rings (SSSR count). The average molecular weight is 491 g/mol. The first-order chi connectivity index (χ1) is 1.00. The normalized spacial score (nSPS) is 0.600. The van der Waals surface area contributed by atoms with Crippen LogP contribution in [0.3, 0.4) is 0 Å². The molecule has 0 spiro atoms. The van der Waals surface area contributed by atoms with Gasteiger partial charge in [-0.25, -0.2) is 0 Å². The van der Waals surface area contributed by atoms with E-state index < -0.39 is 0 Å². The summed E-state index contributed by atoms with van der Waals surface area (Å²) in [5.74, 6) is 0. The molecule has 0 aromatic heterocycles. The van der Waals surface area contributed by atoms with Gasteiger partial charge in [-0.15, -0.1) is 0 Å². The quantitative estimate of drug-likeness (QED) is 0.319. The van der Waals surface area contributed by atoms with E-state index in [-0.39, 0.29) is 98.0 Å². The Hall–Kier alpha value is 3.14.